The third-order valence-corrected chi connectivity index (χ3v) is 5.27. The number of piperidine rings is 1. The molecule has 0 aliphatic carbocycles. The fourth-order valence-corrected chi connectivity index (χ4v) is 3.82. The number of ether oxygens (including phenoxy) is 1. The van der Waals surface area contributed by atoms with Crippen LogP contribution in [0.5, 0.6) is 0 Å². The van der Waals surface area contributed by atoms with Crippen LogP contribution in [0, 0.1) is 17.2 Å². The maximum absolute atomic E-state index is 13.3. The van der Waals surface area contributed by atoms with Gasteiger partial charge in [-0.3, -0.25) is 9.59 Å². The Kier molecular flexibility index (Phi) is 6.63. The molecule has 1 unspecified atom stereocenters. The fourth-order valence-electron chi connectivity index (χ4n) is 3.82. The Morgan fingerprint density at radius 3 is 2.52 bits per heavy atom. The number of esters is 1. The van der Waals surface area contributed by atoms with Crippen molar-refractivity contribution in [1.29, 1.82) is 5.26 Å². The number of benzene rings is 2. The van der Waals surface area contributed by atoms with Crippen LogP contribution in [0.25, 0.3) is 0 Å². The lowest BCUT2D eigenvalue weighted by Crippen LogP contribution is -2.50. The van der Waals surface area contributed by atoms with E-state index < -0.39 is 18.1 Å². The van der Waals surface area contributed by atoms with E-state index in [2.05, 4.69) is 6.07 Å². The molecule has 6 nitrogen and oxygen atoms in total. The van der Waals surface area contributed by atoms with Crippen LogP contribution in [-0.2, 0) is 20.9 Å². The van der Waals surface area contributed by atoms with Crippen LogP contribution in [0.15, 0.2) is 54.6 Å². The van der Waals surface area contributed by atoms with Gasteiger partial charge in [-0.15, -0.1) is 0 Å². The van der Waals surface area contributed by atoms with Gasteiger partial charge in [-0.1, -0.05) is 42.5 Å². The molecule has 1 fully saturated rings. The number of nitriles is 1. The molecule has 0 saturated carbocycles. The van der Waals surface area contributed by atoms with Crippen LogP contribution >= 0.6 is 0 Å². The second kappa shape index (κ2) is 9.35. The summed E-state index contributed by atoms with van der Waals surface area (Å²) in [6.07, 6.45) is -0.689. The van der Waals surface area contributed by atoms with Gasteiger partial charge in [0, 0.05) is 12.5 Å². The van der Waals surface area contributed by atoms with Crippen molar-refractivity contribution in [1.82, 2.24) is 4.90 Å². The van der Waals surface area contributed by atoms with Crippen LogP contribution in [0.3, 0.4) is 0 Å². The van der Waals surface area contributed by atoms with Gasteiger partial charge in [0.2, 0.25) is 5.91 Å². The lowest BCUT2D eigenvalue weighted by atomic mass is 9.77. The third kappa shape index (κ3) is 4.82. The van der Waals surface area contributed by atoms with Crippen LogP contribution in [0.4, 0.5) is 0 Å². The highest BCUT2D eigenvalue weighted by atomic mass is 16.5. The molecule has 0 aromatic heterocycles. The molecule has 2 aromatic carbocycles. The monoisotopic (exact) mass is 392 g/mol. The van der Waals surface area contributed by atoms with Gasteiger partial charge in [-0.25, -0.2) is 0 Å². The Morgan fingerprint density at radius 2 is 1.90 bits per heavy atom. The average molecular weight is 392 g/mol. The van der Waals surface area contributed by atoms with Crippen molar-refractivity contribution < 1.29 is 19.4 Å². The van der Waals surface area contributed by atoms with E-state index in [1.807, 2.05) is 30.3 Å². The first-order valence-electron chi connectivity index (χ1n) is 9.71. The minimum atomic E-state index is -0.957. The Morgan fingerprint density at radius 1 is 1.21 bits per heavy atom. The van der Waals surface area contributed by atoms with Crippen molar-refractivity contribution in [3.05, 3.63) is 71.3 Å². The van der Waals surface area contributed by atoms with Crippen molar-refractivity contribution in [2.45, 2.75) is 38.5 Å². The topological polar surface area (TPSA) is 90.6 Å². The summed E-state index contributed by atoms with van der Waals surface area (Å²) in [6, 6.07) is 18.5. The van der Waals surface area contributed by atoms with E-state index in [-0.39, 0.29) is 31.4 Å². The van der Waals surface area contributed by atoms with Gasteiger partial charge in [-0.05, 0) is 36.6 Å². The van der Waals surface area contributed by atoms with E-state index in [1.54, 1.807) is 31.2 Å². The standard InChI is InChI=1S/C23H24N2O4/c1-2-29-22(27)13-20-19(18-10-8-16(14-24)9-11-18)12-21(26)25(23(20)28)15-17-6-4-3-5-7-17/h3-11,19-21,26H,2,12-13,15H2,1H3/t19-,20-,21?/m0/s1. The second-order valence-corrected chi connectivity index (χ2v) is 7.12. The highest BCUT2D eigenvalue weighted by Crippen LogP contribution is 2.39. The normalized spacial score (nSPS) is 21.5. The summed E-state index contributed by atoms with van der Waals surface area (Å²) in [5, 5.41) is 19.7. The minimum Gasteiger partial charge on any atom is -0.466 e. The van der Waals surface area contributed by atoms with Gasteiger partial charge in [0.1, 0.15) is 6.23 Å². The van der Waals surface area contributed by atoms with Gasteiger partial charge in [0.25, 0.3) is 0 Å². The summed E-state index contributed by atoms with van der Waals surface area (Å²) < 4.78 is 5.08. The quantitative estimate of drug-likeness (QED) is 0.763. The smallest absolute Gasteiger partial charge is 0.306 e. The van der Waals surface area contributed by atoms with Crippen LogP contribution < -0.4 is 0 Å². The number of carbonyl (C=O) groups excluding carboxylic acids is 2. The molecule has 1 saturated heterocycles. The van der Waals surface area contributed by atoms with Crippen LogP contribution in [0.2, 0.25) is 0 Å². The first-order chi connectivity index (χ1) is 14.0. The van der Waals surface area contributed by atoms with E-state index >= 15 is 0 Å². The Hall–Kier alpha value is -3.17. The SMILES string of the molecule is CCOC(=O)C[C@@H]1C(=O)N(Cc2ccccc2)C(O)C[C@H]1c1ccc(C#N)cc1. The molecule has 6 heteroatoms. The largest absolute Gasteiger partial charge is 0.466 e. The van der Waals surface area contributed by atoms with Gasteiger partial charge in [0.05, 0.1) is 30.6 Å². The summed E-state index contributed by atoms with van der Waals surface area (Å²) in [5.41, 5.74) is 2.25. The van der Waals surface area contributed by atoms with Gasteiger partial charge in [0.15, 0.2) is 0 Å². The summed E-state index contributed by atoms with van der Waals surface area (Å²) in [7, 11) is 0. The molecular weight excluding hydrogens is 368 g/mol. The first-order valence-corrected chi connectivity index (χ1v) is 9.71. The zero-order valence-electron chi connectivity index (χ0n) is 16.3. The number of amides is 1. The molecule has 3 rings (SSSR count). The number of aliphatic hydroxyl groups excluding tert-OH is 1. The average Bonchev–Trinajstić information content (AvgIpc) is 2.74. The molecule has 1 amide bonds. The van der Waals surface area contributed by atoms with Crippen LogP contribution in [0.1, 0.15) is 42.4 Å². The fraction of sp³-hybridized carbons (Fsp3) is 0.348. The summed E-state index contributed by atoms with van der Waals surface area (Å²) in [6.45, 7) is 2.25. The molecule has 150 valence electrons. The zero-order chi connectivity index (χ0) is 20.8. The molecule has 3 atom stereocenters. The molecule has 1 aliphatic rings. The van der Waals surface area contributed by atoms with Crippen molar-refractivity contribution in [2.75, 3.05) is 6.61 Å². The Bertz CT molecular complexity index is 889. The Labute approximate surface area is 170 Å². The number of hydrogen-bond donors (Lipinski definition) is 1. The van der Waals surface area contributed by atoms with E-state index in [1.165, 1.54) is 4.90 Å². The van der Waals surface area contributed by atoms with E-state index in [0.29, 0.717) is 12.0 Å². The summed E-state index contributed by atoms with van der Waals surface area (Å²) >= 11 is 0. The summed E-state index contributed by atoms with van der Waals surface area (Å²) in [5.74, 6) is -1.66. The molecule has 1 N–H and O–H groups in total. The number of aliphatic hydroxyl groups is 1. The lowest BCUT2D eigenvalue weighted by molar-refractivity contribution is -0.161. The molecule has 29 heavy (non-hydrogen) atoms. The summed E-state index contributed by atoms with van der Waals surface area (Å²) in [4.78, 5) is 26.9. The molecule has 0 spiro atoms. The minimum absolute atomic E-state index is 0.0463. The number of carbonyl (C=O) groups is 2. The highest BCUT2D eigenvalue weighted by Gasteiger charge is 2.43. The van der Waals surface area contributed by atoms with Crippen molar-refractivity contribution in [3.8, 4) is 6.07 Å². The number of hydrogen-bond acceptors (Lipinski definition) is 5. The van der Waals surface area contributed by atoms with E-state index in [4.69, 9.17) is 10.00 Å². The van der Waals surface area contributed by atoms with Crippen molar-refractivity contribution in [3.63, 3.8) is 0 Å². The molecule has 0 radical (unpaired) electrons. The molecular formula is C23H24N2O4. The van der Waals surface area contributed by atoms with Gasteiger partial charge >= 0.3 is 5.97 Å². The number of likely N-dealkylation sites (tertiary alicyclic amines) is 1. The van der Waals surface area contributed by atoms with E-state index in [0.717, 1.165) is 11.1 Å². The maximum atomic E-state index is 13.3. The van der Waals surface area contributed by atoms with Crippen LogP contribution in [-0.4, -0.2) is 34.7 Å². The highest BCUT2D eigenvalue weighted by molar-refractivity contribution is 5.85. The second-order valence-electron chi connectivity index (χ2n) is 7.12. The third-order valence-electron chi connectivity index (χ3n) is 5.27. The number of rotatable bonds is 6. The van der Waals surface area contributed by atoms with E-state index in [9.17, 15) is 14.7 Å². The maximum Gasteiger partial charge on any atom is 0.306 e. The van der Waals surface area contributed by atoms with Crippen molar-refractivity contribution in [2.24, 2.45) is 5.92 Å². The first kappa shape index (κ1) is 20.6. The van der Waals surface area contributed by atoms with Crippen molar-refractivity contribution >= 4 is 11.9 Å². The van der Waals surface area contributed by atoms with Gasteiger partial charge in [-0.2, -0.15) is 5.26 Å². The van der Waals surface area contributed by atoms with Gasteiger partial charge < -0.3 is 14.7 Å². The predicted octanol–water partition coefficient (Wildman–Crippen LogP) is 2.96. The number of nitrogens with zero attached hydrogens (tertiary/aromatic N) is 2. The molecule has 1 heterocycles. The lowest BCUT2D eigenvalue weighted by Gasteiger charge is -2.41. The zero-order valence-corrected chi connectivity index (χ0v) is 16.3. The molecule has 2 aromatic rings. The Balaban J connectivity index is 1.88. The molecule has 0 bridgehead atoms. The predicted molar refractivity (Wildman–Crippen MR) is 106 cm³/mol. The molecule has 1 aliphatic heterocycles.